The van der Waals surface area contributed by atoms with Crippen LogP contribution in [0.15, 0.2) is 36.4 Å². The molecule has 2 unspecified atom stereocenters. The molecule has 2 aromatic carbocycles. The molecule has 0 N–H and O–H groups in total. The van der Waals surface area contributed by atoms with Gasteiger partial charge in [-0.1, -0.05) is 72.4 Å². The summed E-state index contributed by atoms with van der Waals surface area (Å²) >= 11 is 26.2. The summed E-state index contributed by atoms with van der Waals surface area (Å²) in [6.07, 6.45) is 0. The summed E-state index contributed by atoms with van der Waals surface area (Å²) in [5.41, 5.74) is 1.87. The first-order chi connectivity index (χ1) is 12.0. The topological polar surface area (TPSA) is 6.48 Å². The zero-order valence-corrected chi connectivity index (χ0v) is 17.2. The van der Waals surface area contributed by atoms with E-state index in [1.165, 1.54) is 0 Å². The van der Waals surface area contributed by atoms with Crippen molar-refractivity contribution in [3.63, 3.8) is 0 Å². The Morgan fingerprint density at radius 3 is 1.32 bits per heavy atom. The molecule has 6 heteroatoms. The minimum Gasteiger partial charge on any atom is -0.282 e. The molecule has 0 bridgehead atoms. The molecule has 0 aromatic heterocycles. The van der Waals surface area contributed by atoms with E-state index in [-0.39, 0.29) is 12.1 Å². The number of likely N-dealkylation sites (N-methyl/N-ethyl adjacent to an activating group) is 2. The predicted octanol–water partition coefficient (Wildman–Crippen LogP) is 6.70. The van der Waals surface area contributed by atoms with E-state index >= 15 is 0 Å². The third kappa shape index (κ3) is 3.53. The van der Waals surface area contributed by atoms with Crippen molar-refractivity contribution in [1.82, 2.24) is 9.80 Å². The molecule has 2 aromatic rings. The van der Waals surface area contributed by atoms with Crippen LogP contribution in [0.25, 0.3) is 0 Å². The number of hydrogen-bond acceptors (Lipinski definition) is 2. The fourth-order valence-corrected chi connectivity index (χ4v) is 4.91. The maximum absolute atomic E-state index is 6.56. The highest BCUT2D eigenvalue weighted by atomic mass is 35.5. The van der Waals surface area contributed by atoms with Gasteiger partial charge in [0.05, 0.1) is 18.8 Å². The standard InChI is InChI=1S/C19H20Cl4N2/c1-3-24-11-25(4-2)19(17-14(22)9-6-10-15(17)23)18(24)16-12(20)7-5-8-13(16)21/h5-10,18-19H,3-4,11H2,1-2H3. The van der Waals surface area contributed by atoms with Crippen LogP contribution < -0.4 is 0 Å². The maximum Gasteiger partial charge on any atom is 0.0588 e. The van der Waals surface area contributed by atoms with Crippen LogP contribution in [0.5, 0.6) is 0 Å². The zero-order valence-electron chi connectivity index (χ0n) is 14.1. The summed E-state index contributed by atoms with van der Waals surface area (Å²) in [4.78, 5) is 4.72. The van der Waals surface area contributed by atoms with Crippen molar-refractivity contribution in [2.24, 2.45) is 0 Å². The Morgan fingerprint density at radius 2 is 1.04 bits per heavy atom. The van der Waals surface area contributed by atoms with Crippen molar-refractivity contribution < 1.29 is 0 Å². The zero-order chi connectivity index (χ0) is 18.1. The first kappa shape index (κ1) is 19.3. The van der Waals surface area contributed by atoms with Crippen molar-refractivity contribution in [3.05, 3.63) is 67.6 Å². The smallest absolute Gasteiger partial charge is 0.0588 e. The van der Waals surface area contributed by atoms with Crippen molar-refractivity contribution in [2.45, 2.75) is 25.9 Å². The third-order valence-electron chi connectivity index (χ3n) is 4.85. The molecule has 1 fully saturated rings. The second-order valence-corrected chi connectivity index (χ2v) is 7.74. The molecule has 134 valence electrons. The van der Waals surface area contributed by atoms with Crippen LogP contribution in [0.2, 0.25) is 20.1 Å². The van der Waals surface area contributed by atoms with Gasteiger partial charge in [0.1, 0.15) is 0 Å². The molecule has 2 atom stereocenters. The Balaban J connectivity index is 2.21. The van der Waals surface area contributed by atoms with Gasteiger partial charge in [-0.15, -0.1) is 0 Å². The molecule has 3 rings (SSSR count). The third-order valence-corrected chi connectivity index (χ3v) is 6.17. The van der Waals surface area contributed by atoms with E-state index in [1.54, 1.807) is 0 Å². The van der Waals surface area contributed by atoms with Gasteiger partial charge in [0, 0.05) is 31.2 Å². The molecule has 0 amide bonds. The molecular formula is C19H20Cl4N2. The lowest BCUT2D eigenvalue weighted by Crippen LogP contribution is -2.26. The van der Waals surface area contributed by atoms with Crippen LogP contribution in [0, 0.1) is 0 Å². The fraction of sp³-hybridized carbons (Fsp3) is 0.368. The van der Waals surface area contributed by atoms with Crippen LogP contribution in [0.3, 0.4) is 0 Å². The second kappa shape index (κ2) is 8.04. The summed E-state index contributed by atoms with van der Waals surface area (Å²) in [7, 11) is 0. The normalized spacial score (nSPS) is 21.8. The van der Waals surface area contributed by atoms with Crippen molar-refractivity contribution in [1.29, 1.82) is 0 Å². The van der Waals surface area contributed by atoms with Gasteiger partial charge in [0.15, 0.2) is 0 Å². The van der Waals surface area contributed by atoms with Gasteiger partial charge >= 0.3 is 0 Å². The first-order valence-corrected chi connectivity index (χ1v) is 9.86. The lowest BCUT2D eigenvalue weighted by atomic mass is 9.92. The predicted molar refractivity (Wildman–Crippen MR) is 108 cm³/mol. The number of nitrogens with zero attached hydrogens (tertiary/aromatic N) is 2. The van der Waals surface area contributed by atoms with Crippen LogP contribution >= 0.6 is 46.4 Å². The quantitative estimate of drug-likeness (QED) is 0.546. The van der Waals surface area contributed by atoms with Crippen LogP contribution in [0.4, 0.5) is 0 Å². The maximum atomic E-state index is 6.56. The average Bonchev–Trinajstić information content (AvgIpc) is 2.93. The molecule has 1 heterocycles. The summed E-state index contributed by atoms with van der Waals surface area (Å²) in [5.74, 6) is 0. The summed E-state index contributed by atoms with van der Waals surface area (Å²) < 4.78 is 0. The van der Waals surface area contributed by atoms with Crippen molar-refractivity contribution in [3.8, 4) is 0 Å². The van der Waals surface area contributed by atoms with Crippen LogP contribution in [-0.4, -0.2) is 29.6 Å². The van der Waals surface area contributed by atoms with Gasteiger partial charge in [-0.25, -0.2) is 0 Å². The largest absolute Gasteiger partial charge is 0.282 e. The van der Waals surface area contributed by atoms with Crippen LogP contribution in [-0.2, 0) is 0 Å². The van der Waals surface area contributed by atoms with Crippen molar-refractivity contribution >= 4 is 46.4 Å². The van der Waals surface area contributed by atoms with Gasteiger partial charge < -0.3 is 0 Å². The number of rotatable bonds is 4. The van der Waals surface area contributed by atoms with Gasteiger partial charge in [0.25, 0.3) is 0 Å². The van der Waals surface area contributed by atoms with Gasteiger partial charge in [-0.2, -0.15) is 0 Å². The highest BCUT2D eigenvalue weighted by molar-refractivity contribution is 6.37. The van der Waals surface area contributed by atoms with E-state index in [2.05, 4.69) is 23.6 Å². The molecular weight excluding hydrogens is 398 g/mol. The molecule has 1 saturated heterocycles. The van der Waals surface area contributed by atoms with Crippen molar-refractivity contribution in [2.75, 3.05) is 19.8 Å². The van der Waals surface area contributed by atoms with Gasteiger partial charge in [0.2, 0.25) is 0 Å². The number of halogens is 4. The highest BCUT2D eigenvalue weighted by Crippen LogP contribution is 2.50. The monoisotopic (exact) mass is 416 g/mol. The lowest BCUT2D eigenvalue weighted by Gasteiger charge is -2.31. The minimum atomic E-state index is -0.0106. The first-order valence-electron chi connectivity index (χ1n) is 8.35. The summed E-state index contributed by atoms with van der Waals surface area (Å²) in [5, 5.41) is 2.67. The molecule has 0 saturated carbocycles. The minimum absolute atomic E-state index is 0.0106. The second-order valence-electron chi connectivity index (χ2n) is 6.11. The summed E-state index contributed by atoms with van der Waals surface area (Å²) in [6, 6.07) is 11.3. The molecule has 1 aliphatic rings. The Morgan fingerprint density at radius 1 is 0.720 bits per heavy atom. The highest BCUT2D eigenvalue weighted by Gasteiger charge is 2.43. The molecule has 0 spiro atoms. The molecule has 0 radical (unpaired) electrons. The van der Waals surface area contributed by atoms with E-state index in [9.17, 15) is 0 Å². The SMILES string of the molecule is CCN1CN(CC)C(c2c(Cl)cccc2Cl)C1c1c(Cl)cccc1Cl. The Kier molecular flexibility index (Phi) is 6.20. The van der Waals surface area contributed by atoms with Gasteiger partial charge in [-0.05, 0) is 37.4 Å². The molecule has 0 aliphatic carbocycles. The van der Waals surface area contributed by atoms with Gasteiger partial charge in [-0.3, -0.25) is 9.80 Å². The van der Waals surface area contributed by atoms with E-state index in [0.29, 0.717) is 20.1 Å². The fourth-order valence-electron chi connectivity index (χ4n) is 3.67. The lowest BCUT2D eigenvalue weighted by molar-refractivity contribution is 0.233. The molecule has 2 nitrogen and oxygen atoms in total. The Hall–Kier alpha value is -0.480. The molecule has 1 aliphatic heterocycles. The number of benzene rings is 2. The number of hydrogen-bond donors (Lipinski definition) is 0. The average molecular weight is 418 g/mol. The summed E-state index contributed by atoms with van der Waals surface area (Å²) in [6.45, 7) is 6.85. The van der Waals surface area contributed by atoms with E-state index < -0.39 is 0 Å². The molecule has 25 heavy (non-hydrogen) atoms. The Labute approximate surface area is 169 Å². The van der Waals surface area contributed by atoms with E-state index in [1.807, 2.05) is 36.4 Å². The van der Waals surface area contributed by atoms with Crippen LogP contribution in [0.1, 0.15) is 37.1 Å². The van der Waals surface area contributed by atoms with E-state index in [4.69, 9.17) is 46.4 Å². The van der Waals surface area contributed by atoms with E-state index in [0.717, 1.165) is 30.9 Å². The Bertz CT molecular complexity index is 661.